The molecule has 0 aromatic heterocycles. The molecule has 2 fully saturated rings. The van der Waals surface area contributed by atoms with Gasteiger partial charge in [-0.25, -0.2) is 0 Å². The van der Waals surface area contributed by atoms with Crippen molar-refractivity contribution >= 4 is 5.91 Å². The van der Waals surface area contributed by atoms with Gasteiger partial charge in [-0.1, -0.05) is 0 Å². The summed E-state index contributed by atoms with van der Waals surface area (Å²) in [5.41, 5.74) is 0. The molecule has 1 atom stereocenters. The van der Waals surface area contributed by atoms with E-state index in [1.807, 2.05) is 0 Å². The van der Waals surface area contributed by atoms with Gasteiger partial charge in [-0.15, -0.1) is 0 Å². The summed E-state index contributed by atoms with van der Waals surface area (Å²) in [6, 6.07) is 0.0940. The molecule has 0 aromatic rings. The highest BCUT2D eigenvalue weighted by Crippen LogP contribution is 2.06. The van der Waals surface area contributed by atoms with E-state index in [1.54, 1.807) is 0 Å². The highest BCUT2D eigenvalue weighted by Gasteiger charge is 2.24. The van der Waals surface area contributed by atoms with Crippen molar-refractivity contribution < 1.29 is 14.3 Å². The first-order valence-electron chi connectivity index (χ1n) is 5.55. The van der Waals surface area contributed by atoms with Crippen LogP contribution in [0.25, 0.3) is 0 Å². The van der Waals surface area contributed by atoms with Crippen molar-refractivity contribution in [3.05, 3.63) is 0 Å². The fourth-order valence-electron chi connectivity index (χ4n) is 1.88. The summed E-state index contributed by atoms with van der Waals surface area (Å²) in [6.07, 6.45) is 1.83. The van der Waals surface area contributed by atoms with Crippen molar-refractivity contribution in [1.29, 1.82) is 0 Å². The summed E-state index contributed by atoms with van der Waals surface area (Å²) in [6.45, 7) is 3.43. The lowest BCUT2D eigenvalue weighted by atomic mass is 10.1. The van der Waals surface area contributed by atoms with E-state index in [2.05, 4.69) is 10.6 Å². The van der Waals surface area contributed by atoms with E-state index in [-0.39, 0.29) is 18.0 Å². The SMILES string of the molecule is O=C(NC1CCOCC1)C1COCCN1. The first-order valence-corrected chi connectivity index (χ1v) is 5.55. The monoisotopic (exact) mass is 214 g/mol. The maximum Gasteiger partial charge on any atom is 0.239 e. The predicted molar refractivity (Wildman–Crippen MR) is 54.6 cm³/mol. The molecule has 15 heavy (non-hydrogen) atoms. The normalized spacial score (nSPS) is 28.7. The van der Waals surface area contributed by atoms with Crippen LogP contribution in [0.4, 0.5) is 0 Å². The molecule has 0 radical (unpaired) electrons. The minimum Gasteiger partial charge on any atom is -0.381 e. The Morgan fingerprint density at radius 2 is 2.00 bits per heavy atom. The van der Waals surface area contributed by atoms with E-state index in [4.69, 9.17) is 9.47 Å². The average molecular weight is 214 g/mol. The maximum atomic E-state index is 11.8. The van der Waals surface area contributed by atoms with E-state index in [0.717, 1.165) is 32.6 Å². The van der Waals surface area contributed by atoms with Crippen LogP contribution in [0.2, 0.25) is 0 Å². The number of nitrogens with one attached hydrogen (secondary N) is 2. The van der Waals surface area contributed by atoms with Gasteiger partial charge in [-0.05, 0) is 12.8 Å². The number of hydrogen-bond acceptors (Lipinski definition) is 4. The lowest BCUT2D eigenvalue weighted by molar-refractivity contribution is -0.127. The molecule has 0 aliphatic carbocycles. The van der Waals surface area contributed by atoms with Gasteiger partial charge in [0.25, 0.3) is 0 Å². The standard InChI is InChI=1S/C10H18N2O3/c13-10(9-7-15-6-3-11-9)12-8-1-4-14-5-2-8/h8-9,11H,1-7H2,(H,12,13). The van der Waals surface area contributed by atoms with Crippen molar-refractivity contribution in [2.75, 3.05) is 33.0 Å². The quantitative estimate of drug-likeness (QED) is 0.636. The summed E-state index contributed by atoms with van der Waals surface area (Å²) < 4.78 is 10.5. The number of morpholine rings is 1. The van der Waals surface area contributed by atoms with E-state index in [9.17, 15) is 4.79 Å². The zero-order chi connectivity index (χ0) is 10.5. The summed E-state index contributed by atoms with van der Waals surface area (Å²) in [7, 11) is 0. The minimum absolute atomic E-state index is 0.0570. The molecule has 0 bridgehead atoms. The first-order chi connectivity index (χ1) is 7.36. The summed E-state index contributed by atoms with van der Waals surface area (Å²) in [5.74, 6) is 0.0570. The zero-order valence-corrected chi connectivity index (χ0v) is 8.83. The molecule has 2 heterocycles. The fraction of sp³-hybridized carbons (Fsp3) is 0.900. The lowest BCUT2D eigenvalue weighted by Gasteiger charge is -2.27. The average Bonchev–Trinajstić information content (AvgIpc) is 2.31. The minimum atomic E-state index is -0.179. The molecule has 0 saturated carbocycles. The molecule has 5 heteroatoms. The Labute approximate surface area is 89.5 Å². The van der Waals surface area contributed by atoms with Crippen LogP contribution in [0.1, 0.15) is 12.8 Å². The Bertz CT molecular complexity index is 211. The summed E-state index contributed by atoms with van der Waals surface area (Å²) in [5, 5.41) is 6.17. The first kappa shape index (κ1) is 10.9. The molecule has 1 amide bonds. The molecular formula is C10H18N2O3. The second-order valence-electron chi connectivity index (χ2n) is 3.98. The Balaban J connectivity index is 1.74. The summed E-state index contributed by atoms with van der Waals surface area (Å²) in [4.78, 5) is 11.8. The highest BCUT2D eigenvalue weighted by atomic mass is 16.5. The number of hydrogen-bond donors (Lipinski definition) is 2. The van der Waals surface area contributed by atoms with E-state index >= 15 is 0 Å². The Morgan fingerprint density at radius 1 is 1.20 bits per heavy atom. The van der Waals surface area contributed by atoms with E-state index in [1.165, 1.54) is 0 Å². The van der Waals surface area contributed by atoms with Crippen molar-refractivity contribution in [1.82, 2.24) is 10.6 Å². The number of amides is 1. The third-order valence-electron chi connectivity index (χ3n) is 2.81. The van der Waals surface area contributed by atoms with E-state index in [0.29, 0.717) is 13.2 Å². The van der Waals surface area contributed by atoms with Crippen molar-refractivity contribution in [2.24, 2.45) is 0 Å². The van der Waals surface area contributed by atoms with Crippen LogP contribution in [0.15, 0.2) is 0 Å². The molecule has 2 N–H and O–H groups in total. The molecule has 0 spiro atoms. The molecule has 2 aliphatic heterocycles. The third-order valence-corrected chi connectivity index (χ3v) is 2.81. The van der Waals surface area contributed by atoms with Crippen LogP contribution in [0, 0.1) is 0 Å². The van der Waals surface area contributed by atoms with Gasteiger partial charge in [-0.3, -0.25) is 4.79 Å². The van der Waals surface area contributed by atoms with Gasteiger partial charge in [-0.2, -0.15) is 0 Å². The maximum absolute atomic E-state index is 11.8. The van der Waals surface area contributed by atoms with Gasteiger partial charge in [0.15, 0.2) is 0 Å². The second-order valence-corrected chi connectivity index (χ2v) is 3.98. The van der Waals surface area contributed by atoms with E-state index < -0.39 is 0 Å². The van der Waals surface area contributed by atoms with Gasteiger partial charge in [0.1, 0.15) is 6.04 Å². The molecule has 2 rings (SSSR count). The molecule has 1 unspecified atom stereocenters. The van der Waals surface area contributed by atoms with Gasteiger partial charge in [0.2, 0.25) is 5.91 Å². The largest absolute Gasteiger partial charge is 0.381 e. The summed E-state index contributed by atoms with van der Waals surface area (Å²) >= 11 is 0. The molecule has 86 valence electrons. The lowest BCUT2D eigenvalue weighted by Crippen LogP contribution is -2.54. The molecule has 2 aliphatic rings. The van der Waals surface area contributed by atoms with Crippen LogP contribution >= 0.6 is 0 Å². The number of carbonyl (C=O) groups excluding carboxylic acids is 1. The molecular weight excluding hydrogens is 196 g/mol. The van der Waals surface area contributed by atoms with Gasteiger partial charge in [0.05, 0.1) is 13.2 Å². The smallest absolute Gasteiger partial charge is 0.239 e. The molecule has 0 aromatic carbocycles. The topological polar surface area (TPSA) is 59.6 Å². The fourth-order valence-corrected chi connectivity index (χ4v) is 1.88. The molecule has 2 saturated heterocycles. The van der Waals surface area contributed by atoms with Crippen molar-refractivity contribution in [3.8, 4) is 0 Å². The Hall–Kier alpha value is -0.650. The van der Waals surface area contributed by atoms with Crippen LogP contribution in [-0.4, -0.2) is 51.0 Å². The van der Waals surface area contributed by atoms with Crippen LogP contribution in [-0.2, 0) is 14.3 Å². The highest BCUT2D eigenvalue weighted by molar-refractivity contribution is 5.82. The second kappa shape index (κ2) is 5.44. The Morgan fingerprint density at radius 3 is 2.67 bits per heavy atom. The van der Waals surface area contributed by atoms with Gasteiger partial charge < -0.3 is 20.1 Å². The third kappa shape index (κ3) is 3.15. The number of ether oxygens (including phenoxy) is 2. The van der Waals surface area contributed by atoms with Gasteiger partial charge >= 0.3 is 0 Å². The predicted octanol–water partition coefficient (Wildman–Crippen LogP) is -0.730. The van der Waals surface area contributed by atoms with Crippen LogP contribution in [0.3, 0.4) is 0 Å². The Kier molecular flexibility index (Phi) is 3.94. The zero-order valence-electron chi connectivity index (χ0n) is 8.83. The van der Waals surface area contributed by atoms with Crippen LogP contribution in [0.5, 0.6) is 0 Å². The number of carbonyl (C=O) groups is 1. The van der Waals surface area contributed by atoms with Crippen molar-refractivity contribution in [3.63, 3.8) is 0 Å². The number of rotatable bonds is 2. The van der Waals surface area contributed by atoms with Gasteiger partial charge in [0, 0.05) is 25.8 Å². The van der Waals surface area contributed by atoms with Crippen LogP contribution < -0.4 is 10.6 Å². The molecule has 5 nitrogen and oxygen atoms in total. The van der Waals surface area contributed by atoms with Crippen molar-refractivity contribution in [2.45, 2.75) is 24.9 Å².